The molecule has 0 saturated carbocycles. The SMILES string of the molecule is CC(=O)Nc1ccc(-c2c[n+]3cc(Sc4ccccc4)ccc3n2C)cc1. The molecule has 0 fully saturated rings. The number of pyridine rings is 1. The van der Waals surface area contributed by atoms with Gasteiger partial charge in [-0.3, -0.25) is 4.79 Å². The molecule has 0 atom stereocenters. The molecule has 0 saturated heterocycles. The van der Waals surface area contributed by atoms with Crippen molar-refractivity contribution >= 4 is 29.0 Å². The largest absolute Gasteiger partial charge is 0.326 e. The smallest absolute Gasteiger partial charge is 0.286 e. The van der Waals surface area contributed by atoms with Gasteiger partial charge in [-0.05, 0) is 42.5 Å². The Bertz CT molecular complexity index is 1100. The summed E-state index contributed by atoms with van der Waals surface area (Å²) in [5.41, 5.74) is 4.14. The van der Waals surface area contributed by atoms with Gasteiger partial charge in [0, 0.05) is 29.1 Å². The van der Waals surface area contributed by atoms with Gasteiger partial charge in [0.2, 0.25) is 5.91 Å². The third-order valence-electron chi connectivity index (χ3n) is 4.37. The van der Waals surface area contributed by atoms with Gasteiger partial charge in [-0.15, -0.1) is 0 Å². The highest BCUT2D eigenvalue weighted by atomic mass is 32.2. The zero-order chi connectivity index (χ0) is 18.8. The Kier molecular flexibility index (Phi) is 4.69. The maximum Gasteiger partial charge on any atom is 0.286 e. The molecule has 2 aromatic heterocycles. The first kappa shape index (κ1) is 17.4. The van der Waals surface area contributed by atoms with Crippen molar-refractivity contribution in [3.8, 4) is 11.3 Å². The minimum Gasteiger partial charge on any atom is -0.326 e. The normalized spacial score (nSPS) is 10.9. The molecule has 2 heterocycles. The maximum absolute atomic E-state index is 11.2. The number of nitrogens with one attached hydrogen (secondary N) is 1. The van der Waals surface area contributed by atoms with Crippen LogP contribution in [0.25, 0.3) is 16.9 Å². The lowest BCUT2D eigenvalue weighted by atomic mass is 10.1. The quantitative estimate of drug-likeness (QED) is 0.533. The van der Waals surface area contributed by atoms with E-state index >= 15 is 0 Å². The second kappa shape index (κ2) is 7.29. The number of amides is 1. The van der Waals surface area contributed by atoms with E-state index in [1.54, 1.807) is 11.8 Å². The van der Waals surface area contributed by atoms with Crippen molar-refractivity contribution in [2.24, 2.45) is 7.05 Å². The maximum atomic E-state index is 11.2. The number of carbonyl (C=O) groups excluding carboxylic acids is 1. The van der Waals surface area contributed by atoms with Crippen LogP contribution in [0.1, 0.15) is 6.92 Å². The fraction of sp³-hybridized carbons (Fsp3) is 0.0909. The molecule has 0 aliphatic carbocycles. The highest BCUT2D eigenvalue weighted by Gasteiger charge is 2.16. The van der Waals surface area contributed by atoms with Gasteiger partial charge in [0.15, 0.2) is 5.69 Å². The first-order valence-electron chi connectivity index (χ1n) is 8.72. The number of aromatic nitrogens is 2. The molecule has 4 nitrogen and oxygen atoms in total. The fourth-order valence-electron chi connectivity index (χ4n) is 3.10. The second-order valence-electron chi connectivity index (χ2n) is 6.38. The number of benzene rings is 2. The van der Waals surface area contributed by atoms with Gasteiger partial charge in [0.1, 0.15) is 12.4 Å². The Morgan fingerprint density at radius 2 is 1.67 bits per heavy atom. The van der Waals surface area contributed by atoms with Crippen LogP contribution < -0.4 is 9.72 Å². The van der Waals surface area contributed by atoms with E-state index in [1.165, 1.54) is 16.7 Å². The fourth-order valence-corrected chi connectivity index (χ4v) is 3.97. The predicted molar refractivity (Wildman–Crippen MR) is 109 cm³/mol. The van der Waals surface area contributed by atoms with Gasteiger partial charge in [-0.1, -0.05) is 30.0 Å². The summed E-state index contributed by atoms with van der Waals surface area (Å²) in [4.78, 5) is 13.6. The van der Waals surface area contributed by atoms with Crippen molar-refractivity contribution in [2.45, 2.75) is 16.7 Å². The van der Waals surface area contributed by atoms with E-state index in [4.69, 9.17) is 0 Å². The van der Waals surface area contributed by atoms with Crippen molar-refractivity contribution < 1.29 is 9.20 Å². The number of rotatable bonds is 4. The first-order valence-corrected chi connectivity index (χ1v) is 9.53. The van der Waals surface area contributed by atoms with Gasteiger partial charge >= 0.3 is 0 Å². The van der Waals surface area contributed by atoms with Crippen molar-refractivity contribution in [3.05, 3.63) is 79.1 Å². The highest BCUT2D eigenvalue weighted by Crippen LogP contribution is 2.27. The molecule has 1 N–H and O–H groups in total. The molecule has 2 aromatic carbocycles. The Labute approximate surface area is 162 Å². The molecule has 5 heteroatoms. The van der Waals surface area contributed by atoms with Crippen molar-refractivity contribution in [1.29, 1.82) is 0 Å². The van der Waals surface area contributed by atoms with Gasteiger partial charge in [-0.25, -0.2) is 8.97 Å². The molecule has 0 aliphatic rings. The van der Waals surface area contributed by atoms with Gasteiger partial charge in [0.25, 0.3) is 5.65 Å². The molecular formula is C22H20N3OS+. The number of carbonyl (C=O) groups is 1. The summed E-state index contributed by atoms with van der Waals surface area (Å²) in [6.45, 7) is 1.51. The molecule has 27 heavy (non-hydrogen) atoms. The number of aryl methyl sites for hydroxylation is 1. The second-order valence-corrected chi connectivity index (χ2v) is 7.52. The van der Waals surface area contributed by atoms with Crippen LogP contribution in [0.15, 0.2) is 88.9 Å². The standard InChI is InChI=1S/C22H19N3OS/c1-16(26)23-18-10-8-17(9-11-18)21-15-25-14-20(12-13-22(25)24(21)2)27-19-6-4-3-5-7-19/h3-15H,1-2H3/p+1. The summed E-state index contributed by atoms with van der Waals surface area (Å²) in [5, 5.41) is 2.80. The third kappa shape index (κ3) is 3.73. The average Bonchev–Trinajstić information content (AvgIpc) is 2.99. The van der Waals surface area contributed by atoms with Crippen LogP contribution in [0.2, 0.25) is 0 Å². The summed E-state index contributed by atoms with van der Waals surface area (Å²) < 4.78 is 4.33. The number of hydrogen-bond donors (Lipinski definition) is 1. The lowest BCUT2D eigenvalue weighted by Gasteiger charge is -2.02. The third-order valence-corrected chi connectivity index (χ3v) is 5.36. The van der Waals surface area contributed by atoms with Crippen molar-refractivity contribution in [3.63, 3.8) is 0 Å². The summed E-state index contributed by atoms with van der Waals surface area (Å²) in [7, 11) is 2.07. The molecule has 0 spiro atoms. The van der Waals surface area contributed by atoms with Crippen LogP contribution in [0.5, 0.6) is 0 Å². The Balaban J connectivity index is 1.66. The number of imidazole rings is 1. The molecular weight excluding hydrogens is 354 g/mol. The van der Waals surface area contributed by atoms with Crippen LogP contribution in [-0.2, 0) is 11.8 Å². The minimum absolute atomic E-state index is 0.0636. The molecule has 4 rings (SSSR count). The number of fused-ring (bicyclic) bond motifs is 1. The number of anilines is 1. The van der Waals surface area contributed by atoms with Crippen molar-refractivity contribution in [2.75, 3.05) is 5.32 Å². The molecule has 134 valence electrons. The molecule has 0 unspecified atom stereocenters. The zero-order valence-electron chi connectivity index (χ0n) is 15.2. The topological polar surface area (TPSA) is 38.1 Å². The van der Waals surface area contributed by atoms with Crippen LogP contribution in [-0.4, -0.2) is 10.5 Å². The van der Waals surface area contributed by atoms with Gasteiger partial charge < -0.3 is 5.32 Å². The monoisotopic (exact) mass is 374 g/mol. The highest BCUT2D eigenvalue weighted by molar-refractivity contribution is 7.99. The van der Waals surface area contributed by atoms with Crippen LogP contribution in [0.4, 0.5) is 5.69 Å². The average molecular weight is 374 g/mol. The Morgan fingerprint density at radius 3 is 2.37 bits per heavy atom. The van der Waals surface area contributed by atoms with E-state index < -0.39 is 0 Å². The zero-order valence-corrected chi connectivity index (χ0v) is 16.0. The van der Waals surface area contributed by atoms with E-state index in [2.05, 4.69) is 70.1 Å². The minimum atomic E-state index is -0.0636. The van der Waals surface area contributed by atoms with E-state index in [9.17, 15) is 4.79 Å². The summed E-state index contributed by atoms with van der Waals surface area (Å²) in [5.74, 6) is -0.0636. The lowest BCUT2D eigenvalue weighted by molar-refractivity contribution is -0.512. The molecule has 0 radical (unpaired) electrons. The summed E-state index contributed by atoms with van der Waals surface area (Å²) >= 11 is 1.75. The number of nitrogens with zero attached hydrogens (tertiary/aromatic N) is 2. The van der Waals surface area contributed by atoms with Gasteiger partial charge in [0.05, 0.1) is 11.9 Å². The molecule has 4 aromatic rings. The summed E-state index contributed by atoms with van der Waals surface area (Å²) in [6, 6.07) is 22.6. The van der Waals surface area contributed by atoms with Crippen LogP contribution >= 0.6 is 11.8 Å². The molecule has 0 bridgehead atoms. The lowest BCUT2D eigenvalue weighted by Crippen LogP contribution is -2.18. The number of hydrogen-bond acceptors (Lipinski definition) is 2. The Morgan fingerprint density at radius 1 is 0.926 bits per heavy atom. The van der Waals surface area contributed by atoms with Crippen LogP contribution in [0.3, 0.4) is 0 Å². The summed E-state index contributed by atoms with van der Waals surface area (Å²) in [6.07, 6.45) is 4.29. The molecule has 0 aliphatic heterocycles. The van der Waals surface area contributed by atoms with Crippen LogP contribution in [0, 0.1) is 0 Å². The Hall–Kier alpha value is -3.05. The van der Waals surface area contributed by atoms with Gasteiger partial charge in [-0.2, -0.15) is 0 Å². The first-order chi connectivity index (χ1) is 13.1. The van der Waals surface area contributed by atoms with E-state index in [0.29, 0.717) is 0 Å². The van der Waals surface area contributed by atoms with E-state index in [0.717, 1.165) is 22.6 Å². The van der Waals surface area contributed by atoms with E-state index in [1.807, 2.05) is 30.3 Å². The molecule has 1 amide bonds. The van der Waals surface area contributed by atoms with E-state index in [-0.39, 0.29) is 5.91 Å². The predicted octanol–water partition coefficient (Wildman–Crippen LogP) is 4.54. The van der Waals surface area contributed by atoms with Crippen molar-refractivity contribution in [1.82, 2.24) is 4.57 Å².